The molecule has 0 radical (unpaired) electrons. The lowest BCUT2D eigenvalue weighted by Gasteiger charge is -2.30. The summed E-state index contributed by atoms with van der Waals surface area (Å²) in [6, 6.07) is 0. The zero-order valence-corrected chi connectivity index (χ0v) is 15.7. The largest absolute Gasteiger partial charge is 0.378 e. The van der Waals surface area contributed by atoms with Crippen molar-refractivity contribution in [2.24, 2.45) is 15.0 Å². The quantitative estimate of drug-likeness (QED) is 0.848. The third-order valence-corrected chi connectivity index (χ3v) is 4.77. The summed E-state index contributed by atoms with van der Waals surface area (Å²) in [5, 5.41) is 3.14. The number of amidine groups is 1. The van der Waals surface area contributed by atoms with E-state index >= 15 is 0 Å². The predicted molar refractivity (Wildman–Crippen MR) is 108 cm³/mol. The lowest BCUT2D eigenvalue weighted by Crippen LogP contribution is -2.35. The van der Waals surface area contributed by atoms with Gasteiger partial charge in [0.15, 0.2) is 5.84 Å². The molecule has 0 aromatic heterocycles. The second kappa shape index (κ2) is 8.76. The monoisotopic (exact) mass is 353 g/mol. The molecule has 1 N–H and O–H groups in total. The normalized spacial score (nSPS) is 24.5. The van der Waals surface area contributed by atoms with Gasteiger partial charge in [-0.2, -0.15) is 0 Å². The van der Waals surface area contributed by atoms with E-state index in [2.05, 4.69) is 38.9 Å². The molecule has 6 heteroatoms. The molecule has 0 amide bonds. The molecule has 1 fully saturated rings. The summed E-state index contributed by atoms with van der Waals surface area (Å²) in [6.45, 7) is 7.30. The average Bonchev–Trinajstić information content (AvgIpc) is 2.94. The van der Waals surface area contributed by atoms with Crippen LogP contribution < -0.4 is 5.32 Å². The number of aliphatic imine (C=N–C) groups is 3. The summed E-state index contributed by atoms with van der Waals surface area (Å²) in [4.78, 5) is 15.9. The highest BCUT2D eigenvalue weighted by molar-refractivity contribution is 6.71. The van der Waals surface area contributed by atoms with E-state index in [0.29, 0.717) is 0 Å². The number of hydrogen-bond acceptors (Lipinski definition) is 6. The number of morpholine rings is 1. The molecule has 26 heavy (non-hydrogen) atoms. The first kappa shape index (κ1) is 18.3. The van der Waals surface area contributed by atoms with E-state index in [1.54, 1.807) is 13.2 Å². The lowest BCUT2D eigenvalue weighted by atomic mass is 10.0. The van der Waals surface area contributed by atoms with E-state index in [0.717, 1.165) is 68.5 Å². The van der Waals surface area contributed by atoms with Crippen LogP contribution in [0.1, 0.15) is 19.3 Å². The van der Waals surface area contributed by atoms with Crippen molar-refractivity contribution >= 4 is 17.3 Å². The third-order valence-electron chi connectivity index (χ3n) is 4.77. The molecule has 0 saturated carbocycles. The molecule has 0 aromatic carbocycles. The molecule has 0 spiro atoms. The van der Waals surface area contributed by atoms with Crippen molar-refractivity contribution in [3.63, 3.8) is 0 Å². The maximum Gasteiger partial charge on any atom is 0.154 e. The standard InChI is InChI=1S/C20H27N5O/c1-4-23-18-14-17(24-20(22-3)19(18)21-2)15-6-5-7-16(9-8-15)25-10-12-26-13-11-25/h4,8-9,14H,1,5-7,10-13H2,2-3H3,(H,22,24)/b21-19+,23-18-. The Morgan fingerprint density at radius 1 is 1.27 bits per heavy atom. The van der Waals surface area contributed by atoms with E-state index in [1.165, 1.54) is 11.3 Å². The predicted octanol–water partition coefficient (Wildman–Crippen LogP) is 2.48. The fourth-order valence-electron chi connectivity index (χ4n) is 3.43. The van der Waals surface area contributed by atoms with Crippen LogP contribution in [0.25, 0.3) is 0 Å². The smallest absolute Gasteiger partial charge is 0.154 e. The van der Waals surface area contributed by atoms with Gasteiger partial charge in [0.1, 0.15) is 5.71 Å². The van der Waals surface area contributed by atoms with Crippen molar-refractivity contribution in [1.82, 2.24) is 10.2 Å². The zero-order chi connectivity index (χ0) is 18.4. The summed E-state index contributed by atoms with van der Waals surface area (Å²) in [7, 11) is 3.61. The van der Waals surface area contributed by atoms with E-state index < -0.39 is 0 Å². The number of nitrogens with zero attached hydrogens (tertiary/aromatic N) is 4. The molecular formula is C20H27N5O. The molecule has 6 nitrogen and oxygen atoms in total. The minimum atomic E-state index is 0.744. The highest BCUT2D eigenvalue weighted by Gasteiger charge is 2.22. The Morgan fingerprint density at radius 2 is 2.08 bits per heavy atom. The summed E-state index contributed by atoms with van der Waals surface area (Å²) in [6.07, 6.45) is 11.2. The molecule has 0 unspecified atom stereocenters. The van der Waals surface area contributed by atoms with Crippen LogP contribution in [0.4, 0.5) is 0 Å². The molecule has 2 heterocycles. The van der Waals surface area contributed by atoms with Crippen molar-refractivity contribution in [2.45, 2.75) is 19.3 Å². The minimum Gasteiger partial charge on any atom is -0.378 e. The third kappa shape index (κ3) is 4.02. The maximum absolute atomic E-state index is 5.47. The molecular weight excluding hydrogens is 326 g/mol. The topological polar surface area (TPSA) is 61.6 Å². The van der Waals surface area contributed by atoms with Gasteiger partial charge in [0, 0.05) is 39.1 Å². The second-order valence-electron chi connectivity index (χ2n) is 6.31. The number of nitrogens with one attached hydrogen (secondary N) is 1. The van der Waals surface area contributed by atoms with Crippen LogP contribution in [-0.2, 0) is 4.74 Å². The molecule has 138 valence electrons. The van der Waals surface area contributed by atoms with Crippen LogP contribution in [0.2, 0.25) is 0 Å². The fourth-order valence-corrected chi connectivity index (χ4v) is 3.43. The van der Waals surface area contributed by atoms with Crippen LogP contribution in [0.15, 0.2) is 63.0 Å². The molecule has 3 aliphatic rings. The number of allylic oxidation sites excluding steroid dienone is 5. The van der Waals surface area contributed by atoms with E-state index in [1.807, 2.05) is 13.1 Å². The summed E-state index contributed by atoms with van der Waals surface area (Å²) in [5.74, 6) is 0.744. The number of ether oxygens (including phenoxy) is 1. The van der Waals surface area contributed by atoms with Gasteiger partial charge in [0.2, 0.25) is 0 Å². The summed E-state index contributed by atoms with van der Waals surface area (Å²) in [5.41, 5.74) is 5.12. The van der Waals surface area contributed by atoms with Crippen LogP contribution >= 0.6 is 0 Å². The Labute approximate surface area is 155 Å². The van der Waals surface area contributed by atoms with Gasteiger partial charge in [-0.05, 0) is 37.0 Å². The highest BCUT2D eigenvalue weighted by Crippen LogP contribution is 2.27. The van der Waals surface area contributed by atoms with E-state index in [9.17, 15) is 0 Å². The molecule has 0 atom stereocenters. The van der Waals surface area contributed by atoms with Crippen molar-refractivity contribution in [3.8, 4) is 0 Å². The van der Waals surface area contributed by atoms with Gasteiger partial charge in [-0.25, -0.2) is 4.99 Å². The minimum absolute atomic E-state index is 0.744. The molecule has 2 aliphatic heterocycles. The van der Waals surface area contributed by atoms with Gasteiger partial charge >= 0.3 is 0 Å². The van der Waals surface area contributed by atoms with Gasteiger partial charge in [-0.15, -0.1) is 0 Å². The van der Waals surface area contributed by atoms with Crippen molar-refractivity contribution in [1.29, 1.82) is 0 Å². The van der Waals surface area contributed by atoms with Gasteiger partial charge in [-0.3, -0.25) is 9.98 Å². The van der Waals surface area contributed by atoms with Gasteiger partial charge in [0.25, 0.3) is 0 Å². The van der Waals surface area contributed by atoms with Crippen LogP contribution in [-0.4, -0.2) is 62.6 Å². The first-order valence-electron chi connectivity index (χ1n) is 9.14. The molecule has 1 aliphatic carbocycles. The Kier molecular flexibility index (Phi) is 6.17. The van der Waals surface area contributed by atoms with Crippen molar-refractivity contribution in [2.75, 3.05) is 40.4 Å². The molecule has 1 saturated heterocycles. The maximum atomic E-state index is 5.47. The first-order valence-corrected chi connectivity index (χ1v) is 9.14. The second-order valence-corrected chi connectivity index (χ2v) is 6.31. The van der Waals surface area contributed by atoms with Gasteiger partial charge < -0.3 is 15.0 Å². The fraction of sp³-hybridized carbons (Fsp3) is 0.450. The number of hydrogen-bond donors (Lipinski definition) is 1. The molecule has 3 rings (SSSR count). The van der Waals surface area contributed by atoms with Crippen LogP contribution in [0.5, 0.6) is 0 Å². The number of rotatable bonds is 3. The SMILES string of the molecule is C=C/N=C1/C=C(C2=CC=C(N3CCOCC3)CCC2)N=C(NC)/C1=N/C. The van der Waals surface area contributed by atoms with Gasteiger partial charge in [-0.1, -0.05) is 12.7 Å². The Morgan fingerprint density at radius 3 is 2.77 bits per heavy atom. The molecule has 0 aromatic rings. The summed E-state index contributed by atoms with van der Waals surface area (Å²) >= 11 is 0. The van der Waals surface area contributed by atoms with Crippen LogP contribution in [0.3, 0.4) is 0 Å². The van der Waals surface area contributed by atoms with Gasteiger partial charge in [0.05, 0.1) is 24.6 Å². The highest BCUT2D eigenvalue weighted by atomic mass is 16.5. The Hall–Kier alpha value is -2.47. The average molecular weight is 353 g/mol. The Balaban J connectivity index is 1.90. The van der Waals surface area contributed by atoms with Crippen molar-refractivity contribution < 1.29 is 4.74 Å². The summed E-state index contributed by atoms with van der Waals surface area (Å²) < 4.78 is 5.47. The van der Waals surface area contributed by atoms with Crippen molar-refractivity contribution in [3.05, 3.63) is 48.0 Å². The first-order chi connectivity index (χ1) is 12.8. The van der Waals surface area contributed by atoms with Crippen LogP contribution in [0, 0.1) is 0 Å². The van der Waals surface area contributed by atoms with E-state index in [4.69, 9.17) is 9.73 Å². The molecule has 0 bridgehead atoms. The zero-order valence-electron chi connectivity index (χ0n) is 15.7. The Bertz CT molecular complexity index is 733. The lowest BCUT2D eigenvalue weighted by molar-refractivity contribution is 0.0520. The van der Waals surface area contributed by atoms with E-state index in [-0.39, 0.29) is 0 Å².